The quantitative estimate of drug-likeness (QED) is 0.749. The van der Waals surface area contributed by atoms with E-state index in [1.165, 1.54) is 12.8 Å². The topological polar surface area (TPSA) is 29.5 Å². The van der Waals surface area contributed by atoms with Crippen molar-refractivity contribution in [3.63, 3.8) is 0 Å². The number of hydrogen-bond acceptors (Lipinski definition) is 3. The maximum Gasteiger partial charge on any atom is 0.127 e. The zero-order chi connectivity index (χ0) is 13.0. The van der Waals surface area contributed by atoms with Gasteiger partial charge in [0.25, 0.3) is 0 Å². The van der Waals surface area contributed by atoms with E-state index in [4.69, 9.17) is 4.74 Å². The first-order chi connectivity index (χ1) is 8.69. The molecule has 1 aliphatic carbocycles. The van der Waals surface area contributed by atoms with Gasteiger partial charge in [0.1, 0.15) is 12.0 Å². The lowest BCUT2D eigenvalue weighted by Gasteiger charge is -2.30. The van der Waals surface area contributed by atoms with Gasteiger partial charge in [0.2, 0.25) is 0 Å². The molecule has 1 aromatic carbocycles. The highest BCUT2D eigenvalue weighted by molar-refractivity contribution is 5.62. The molecule has 1 aromatic rings. The second-order valence-corrected chi connectivity index (χ2v) is 5.24. The Kier molecular flexibility index (Phi) is 3.90. The zero-order valence-corrected chi connectivity index (χ0v) is 11.2. The summed E-state index contributed by atoms with van der Waals surface area (Å²) in [7, 11) is 3.71. The smallest absolute Gasteiger partial charge is 0.127 e. The Hall–Kier alpha value is -1.51. The fourth-order valence-electron chi connectivity index (χ4n) is 2.80. The Balaban J connectivity index is 2.10. The van der Waals surface area contributed by atoms with Gasteiger partial charge in [0.05, 0.1) is 7.11 Å². The third-order valence-corrected chi connectivity index (χ3v) is 3.90. The molecule has 18 heavy (non-hydrogen) atoms. The molecule has 0 saturated heterocycles. The van der Waals surface area contributed by atoms with Crippen LogP contribution >= 0.6 is 0 Å². The van der Waals surface area contributed by atoms with Crippen molar-refractivity contribution in [1.82, 2.24) is 0 Å². The molecular formula is C15H21NO2. The van der Waals surface area contributed by atoms with Crippen molar-refractivity contribution in [2.75, 3.05) is 25.6 Å². The number of methoxy groups -OCH3 is 1. The molecule has 0 unspecified atom stereocenters. The zero-order valence-electron chi connectivity index (χ0n) is 11.2. The number of hydrogen-bond donors (Lipinski definition) is 0. The first-order valence-electron chi connectivity index (χ1n) is 6.51. The normalized spacial score (nSPS) is 17.4. The number of carbonyl (C=O) groups is 1. The van der Waals surface area contributed by atoms with E-state index in [1.54, 1.807) is 7.11 Å². The number of ether oxygens (including phenoxy) is 1. The molecule has 1 aliphatic rings. The van der Waals surface area contributed by atoms with Gasteiger partial charge in [-0.1, -0.05) is 18.9 Å². The molecule has 0 radical (unpaired) electrons. The SMILES string of the molecule is COc1cccc(N(C)CC2(C=O)CCCC2)c1. The third kappa shape index (κ3) is 2.66. The fourth-order valence-corrected chi connectivity index (χ4v) is 2.80. The van der Waals surface area contributed by atoms with Crippen LogP contribution < -0.4 is 9.64 Å². The van der Waals surface area contributed by atoms with Gasteiger partial charge in [0, 0.05) is 30.8 Å². The molecule has 0 atom stereocenters. The second-order valence-electron chi connectivity index (χ2n) is 5.24. The molecule has 0 heterocycles. The highest BCUT2D eigenvalue weighted by atomic mass is 16.5. The largest absolute Gasteiger partial charge is 0.497 e. The van der Waals surface area contributed by atoms with Crippen LogP contribution in [0.4, 0.5) is 5.69 Å². The maximum atomic E-state index is 11.4. The van der Waals surface area contributed by atoms with Gasteiger partial charge in [-0.05, 0) is 25.0 Å². The molecule has 0 N–H and O–H groups in total. The van der Waals surface area contributed by atoms with Crippen LogP contribution in [0.3, 0.4) is 0 Å². The number of benzene rings is 1. The minimum Gasteiger partial charge on any atom is -0.497 e. The summed E-state index contributed by atoms with van der Waals surface area (Å²) in [6.45, 7) is 0.795. The van der Waals surface area contributed by atoms with Gasteiger partial charge in [-0.15, -0.1) is 0 Å². The molecule has 0 aliphatic heterocycles. The van der Waals surface area contributed by atoms with Crippen LogP contribution in [-0.4, -0.2) is 27.0 Å². The summed E-state index contributed by atoms with van der Waals surface area (Å²) < 4.78 is 5.23. The maximum absolute atomic E-state index is 11.4. The van der Waals surface area contributed by atoms with E-state index < -0.39 is 0 Å². The van der Waals surface area contributed by atoms with Crippen molar-refractivity contribution in [2.24, 2.45) is 5.41 Å². The third-order valence-electron chi connectivity index (χ3n) is 3.90. The Morgan fingerprint density at radius 3 is 2.72 bits per heavy atom. The van der Waals surface area contributed by atoms with Crippen LogP contribution in [0.2, 0.25) is 0 Å². The van der Waals surface area contributed by atoms with E-state index in [-0.39, 0.29) is 5.41 Å². The summed E-state index contributed by atoms with van der Waals surface area (Å²) in [5.74, 6) is 0.853. The Morgan fingerprint density at radius 1 is 1.39 bits per heavy atom. The average Bonchev–Trinajstić information content (AvgIpc) is 2.88. The van der Waals surface area contributed by atoms with Crippen molar-refractivity contribution >= 4 is 12.0 Å². The highest BCUT2D eigenvalue weighted by Gasteiger charge is 2.34. The van der Waals surface area contributed by atoms with Crippen molar-refractivity contribution < 1.29 is 9.53 Å². The molecular weight excluding hydrogens is 226 g/mol. The van der Waals surface area contributed by atoms with Crippen LogP contribution in [0.5, 0.6) is 5.75 Å². The lowest BCUT2D eigenvalue weighted by Crippen LogP contribution is -2.34. The predicted octanol–water partition coefficient (Wildman–Crippen LogP) is 2.89. The highest BCUT2D eigenvalue weighted by Crippen LogP contribution is 2.37. The summed E-state index contributed by atoms with van der Waals surface area (Å²) in [5.41, 5.74) is 0.958. The van der Waals surface area contributed by atoms with Crippen LogP contribution in [0.1, 0.15) is 25.7 Å². The average molecular weight is 247 g/mol. The standard InChI is InChI=1S/C15H21NO2/c1-16(11-15(12-17)8-3-4-9-15)13-6-5-7-14(10-13)18-2/h5-7,10,12H,3-4,8-9,11H2,1-2H3. The number of nitrogens with zero attached hydrogens (tertiary/aromatic N) is 1. The van der Waals surface area contributed by atoms with Crippen molar-refractivity contribution in [1.29, 1.82) is 0 Å². The van der Waals surface area contributed by atoms with Gasteiger partial charge in [0.15, 0.2) is 0 Å². The van der Waals surface area contributed by atoms with Crippen LogP contribution in [-0.2, 0) is 4.79 Å². The molecule has 2 rings (SSSR count). The molecule has 0 spiro atoms. The molecule has 0 bridgehead atoms. The molecule has 1 fully saturated rings. The first-order valence-corrected chi connectivity index (χ1v) is 6.51. The lowest BCUT2D eigenvalue weighted by atomic mass is 9.87. The number of carbonyl (C=O) groups excluding carboxylic acids is 1. The van der Waals surface area contributed by atoms with Gasteiger partial charge in [-0.3, -0.25) is 0 Å². The van der Waals surface area contributed by atoms with Gasteiger partial charge >= 0.3 is 0 Å². The van der Waals surface area contributed by atoms with Crippen molar-refractivity contribution in [3.8, 4) is 5.75 Å². The molecule has 0 amide bonds. The summed E-state index contributed by atoms with van der Waals surface area (Å²) in [6, 6.07) is 7.97. The van der Waals surface area contributed by atoms with Crippen LogP contribution in [0, 0.1) is 5.41 Å². The van der Waals surface area contributed by atoms with E-state index in [1.807, 2.05) is 25.2 Å². The number of rotatable bonds is 5. The molecule has 98 valence electrons. The van der Waals surface area contributed by atoms with Gasteiger partial charge in [-0.2, -0.15) is 0 Å². The molecule has 0 aromatic heterocycles. The molecule has 3 nitrogen and oxygen atoms in total. The van der Waals surface area contributed by atoms with Crippen molar-refractivity contribution in [2.45, 2.75) is 25.7 Å². The predicted molar refractivity (Wildman–Crippen MR) is 73.2 cm³/mol. The lowest BCUT2D eigenvalue weighted by molar-refractivity contribution is -0.115. The minimum absolute atomic E-state index is 0.141. The summed E-state index contributed by atoms with van der Waals surface area (Å²) >= 11 is 0. The Bertz CT molecular complexity index is 411. The van der Waals surface area contributed by atoms with Crippen LogP contribution in [0.25, 0.3) is 0 Å². The van der Waals surface area contributed by atoms with E-state index in [0.29, 0.717) is 0 Å². The van der Waals surface area contributed by atoms with Crippen LogP contribution in [0.15, 0.2) is 24.3 Å². The van der Waals surface area contributed by atoms with E-state index in [9.17, 15) is 4.79 Å². The first kappa shape index (κ1) is 12.9. The van der Waals surface area contributed by atoms with Gasteiger partial charge < -0.3 is 14.4 Å². The second kappa shape index (κ2) is 5.42. The van der Waals surface area contributed by atoms with E-state index in [2.05, 4.69) is 11.0 Å². The fraction of sp³-hybridized carbons (Fsp3) is 0.533. The Morgan fingerprint density at radius 2 is 2.11 bits per heavy atom. The minimum atomic E-state index is -0.141. The molecule has 1 saturated carbocycles. The molecule has 3 heteroatoms. The monoisotopic (exact) mass is 247 g/mol. The summed E-state index contributed by atoms with van der Waals surface area (Å²) in [4.78, 5) is 13.5. The van der Waals surface area contributed by atoms with E-state index >= 15 is 0 Å². The van der Waals surface area contributed by atoms with Gasteiger partial charge in [-0.25, -0.2) is 0 Å². The number of anilines is 1. The summed E-state index contributed by atoms with van der Waals surface area (Å²) in [5, 5.41) is 0. The number of aldehydes is 1. The van der Waals surface area contributed by atoms with E-state index in [0.717, 1.165) is 37.1 Å². The Labute approximate surface area is 109 Å². The van der Waals surface area contributed by atoms with Crippen molar-refractivity contribution in [3.05, 3.63) is 24.3 Å². The summed E-state index contributed by atoms with van der Waals surface area (Å²) in [6.07, 6.45) is 5.54.